The zero-order chi connectivity index (χ0) is 12.8. The quantitative estimate of drug-likeness (QED) is 0.795. The Morgan fingerprint density at radius 1 is 1.53 bits per heavy atom. The molecule has 1 rings (SSSR count). The maximum atomic E-state index is 11.4. The highest BCUT2D eigenvalue weighted by molar-refractivity contribution is 7.13. The van der Waals surface area contributed by atoms with Gasteiger partial charge in [-0.1, -0.05) is 20.8 Å². The lowest BCUT2D eigenvalue weighted by Crippen LogP contribution is -2.16. The fourth-order valence-corrected chi connectivity index (χ4v) is 1.83. The third kappa shape index (κ3) is 4.34. The van der Waals surface area contributed by atoms with Crippen LogP contribution in [0.4, 0.5) is 5.13 Å². The van der Waals surface area contributed by atoms with Gasteiger partial charge in [0.2, 0.25) is 0 Å². The highest BCUT2D eigenvalue weighted by Gasteiger charge is 2.12. The van der Waals surface area contributed by atoms with Crippen LogP contribution < -0.4 is 5.32 Å². The summed E-state index contributed by atoms with van der Waals surface area (Å²) < 4.78 is 4.88. The lowest BCUT2D eigenvalue weighted by Gasteiger charge is -2.15. The van der Waals surface area contributed by atoms with Crippen LogP contribution in [0, 0.1) is 11.8 Å². The Bertz CT molecular complexity index is 363. The molecule has 0 spiro atoms. The van der Waals surface area contributed by atoms with Crippen molar-refractivity contribution in [3.63, 3.8) is 0 Å². The van der Waals surface area contributed by atoms with E-state index in [9.17, 15) is 4.79 Å². The Balaban J connectivity index is 2.48. The van der Waals surface area contributed by atoms with Crippen LogP contribution in [0.1, 0.15) is 38.2 Å². The highest BCUT2D eigenvalue weighted by atomic mass is 32.1. The number of esters is 1. The molecular formula is C12H20N2O2S. The molecule has 1 N–H and O–H groups in total. The van der Waals surface area contributed by atoms with E-state index in [1.807, 2.05) is 0 Å². The molecule has 1 atom stereocenters. The molecule has 4 nitrogen and oxygen atoms in total. The number of ether oxygens (including phenoxy) is 1. The molecule has 1 heterocycles. The fourth-order valence-electron chi connectivity index (χ4n) is 1.14. The molecule has 0 radical (unpaired) electrons. The van der Waals surface area contributed by atoms with Gasteiger partial charge in [-0.25, -0.2) is 9.78 Å². The average molecular weight is 256 g/mol. The van der Waals surface area contributed by atoms with Crippen LogP contribution in [0.25, 0.3) is 0 Å². The first-order valence-corrected chi connectivity index (χ1v) is 6.79. The van der Waals surface area contributed by atoms with Gasteiger partial charge in [-0.15, -0.1) is 11.3 Å². The van der Waals surface area contributed by atoms with Crippen molar-refractivity contribution in [3.8, 4) is 0 Å². The van der Waals surface area contributed by atoms with Crippen molar-refractivity contribution in [2.45, 2.75) is 27.7 Å². The molecule has 0 saturated heterocycles. The summed E-state index contributed by atoms with van der Waals surface area (Å²) in [5.74, 6) is 0.852. The van der Waals surface area contributed by atoms with Crippen molar-refractivity contribution in [1.29, 1.82) is 0 Å². The van der Waals surface area contributed by atoms with Gasteiger partial charge in [0.15, 0.2) is 10.8 Å². The van der Waals surface area contributed by atoms with Crippen molar-refractivity contribution in [2.75, 3.05) is 18.5 Å². The maximum Gasteiger partial charge on any atom is 0.357 e. The highest BCUT2D eigenvalue weighted by Crippen LogP contribution is 2.18. The largest absolute Gasteiger partial charge is 0.461 e. The molecule has 17 heavy (non-hydrogen) atoms. The van der Waals surface area contributed by atoms with Crippen LogP contribution in [0.5, 0.6) is 0 Å². The molecule has 96 valence electrons. The van der Waals surface area contributed by atoms with Crippen LogP contribution in [0.3, 0.4) is 0 Å². The number of nitrogens with zero attached hydrogens (tertiary/aromatic N) is 1. The topological polar surface area (TPSA) is 51.2 Å². The molecule has 0 saturated carbocycles. The summed E-state index contributed by atoms with van der Waals surface area (Å²) in [7, 11) is 0. The number of nitrogens with one attached hydrogen (secondary N) is 1. The van der Waals surface area contributed by atoms with Crippen molar-refractivity contribution >= 4 is 22.4 Å². The first-order valence-electron chi connectivity index (χ1n) is 5.91. The lowest BCUT2D eigenvalue weighted by molar-refractivity contribution is 0.0520. The molecule has 0 aliphatic carbocycles. The summed E-state index contributed by atoms with van der Waals surface area (Å²) in [6.45, 7) is 9.61. The second-order valence-corrected chi connectivity index (χ2v) is 5.22. The van der Waals surface area contributed by atoms with Crippen LogP contribution in [-0.2, 0) is 4.74 Å². The monoisotopic (exact) mass is 256 g/mol. The van der Waals surface area contributed by atoms with E-state index >= 15 is 0 Å². The molecule has 1 aromatic heterocycles. The zero-order valence-electron chi connectivity index (χ0n) is 10.8. The Morgan fingerprint density at radius 3 is 2.82 bits per heavy atom. The second-order valence-electron chi connectivity index (χ2n) is 4.36. The number of thiazole rings is 1. The number of carbonyl (C=O) groups is 1. The molecule has 1 aromatic rings. The maximum absolute atomic E-state index is 11.4. The van der Waals surface area contributed by atoms with Crippen molar-refractivity contribution < 1.29 is 9.53 Å². The first-order chi connectivity index (χ1) is 8.04. The van der Waals surface area contributed by atoms with Crippen LogP contribution in [-0.4, -0.2) is 24.1 Å². The first kappa shape index (κ1) is 14.0. The normalized spacial score (nSPS) is 12.5. The van der Waals surface area contributed by atoms with E-state index in [1.165, 1.54) is 11.3 Å². The molecular weight excluding hydrogens is 236 g/mol. The molecule has 0 aliphatic rings. The van der Waals surface area contributed by atoms with Crippen molar-refractivity contribution in [1.82, 2.24) is 4.98 Å². The molecule has 0 aliphatic heterocycles. The summed E-state index contributed by atoms with van der Waals surface area (Å²) in [6.07, 6.45) is 0. The molecule has 1 unspecified atom stereocenters. The van der Waals surface area contributed by atoms with Gasteiger partial charge in [-0.05, 0) is 18.8 Å². The van der Waals surface area contributed by atoms with Crippen LogP contribution in [0.2, 0.25) is 0 Å². The number of rotatable bonds is 6. The predicted molar refractivity (Wildman–Crippen MR) is 70.6 cm³/mol. The van der Waals surface area contributed by atoms with Gasteiger partial charge in [0.05, 0.1) is 6.61 Å². The summed E-state index contributed by atoms with van der Waals surface area (Å²) in [6, 6.07) is 0. The minimum Gasteiger partial charge on any atom is -0.461 e. The standard InChI is InChI=1S/C12H20N2O2S/c1-5-16-11(15)10-7-17-12(14-10)13-6-9(4)8(2)3/h7-9H,5-6H2,1-4H3,(H,13,14). The molecule has 0 aromatic carbocycles. The summed E-state index contributed by atoms with van der Waals surface area (Å²) in [4.78, 5) is 15.6. The van der Waals surface area contributed by atoms with E-state index < -0.39 is 0 Å². The number of aromatic nitrogens is 1. The van der Waals surface area contributed by atoms with Gasteiger partial charge >= 0.3 is 5.97 Å². The Labute approximate surface area is 106 Å². The minimum absolute atomic E-state index is 0.353. The van der Waals surface area contributed by atoms with Gasteiger partial charge in [-0.3, -0.25) is 0 Å². The molecule has 0 fully saturated rings. The molecule has 0 bridgehead atoms. The van der Waals surface area contributed by atoms with Gasteiger partial charge in [0.25, 0.3) is 0 Å². The van der Waals surface area contributed by atoms with E-state index in [0.29, 0.717) is 24.1 Å². The SMILES string of the molecule is CCOC(=O)c1csc(NCC(C)C(C)C)n1. The number of carbonyl (C=O) groups excluding carboxylic acids is 1. The van der Waals surface area contributed by atoms with E-state index in [4.69, 9.17) is 4.74 Å². The Hall–Kier alpha value is -1.10. The Kier molecular flexibility index (Phi) is 5.41. The van der Waals surface area contributed by atoms with E-state index in [-0.39, 0.29) is 5.97 Å². The number of anilines is 1. The number of hydrogen-bond acceptors (Lipinski definition) is 5. The summed E-state index contributed by atoms with van der Waals surface area (Å²) in [5.41, 5.74) is 0.386. The van der Waals surface area contributed by atoms with Gasteiger partial charge < -0.3 is 10.1 Å². The van der Waals surface area contributed by atoms with E-state index in [1.54, 1.807) is 12.3 Å². The lowest BCUT2D eigenvalue weighted by atomic mass is 9.98. The third-order valence-electron chi connectivity index (χ3n) is 2.70. The zero-order valence-corrected chi connectivity index (χ0v) is 11.6. The molecule has 0 amide bonds. The summed E-state index contributed by atoms with van der Waals surface area (Å²) in [5, 5.41) is 5.74. The third-order valence-corrected chi connectivity index (χ3v) is 3.50. The predicted octanol–water partition coefficient (Wildman–Crippen LogP) is 3.02. The van der Waals surface area contributed by atoms with E-state index in [0.717, 1.165) is 11.7 Å². The molecule has 5 heteroatoms. The van der Waals surface area contributed by atoms with Gasteiger partial charge in [-0.2, -0.15) is 0 Å². The van der Waals surface area contributed by atoms with Crippen LogP contribution >= 0.6 is 11.3 Å². The average Bonchev–Trinajstić information content (AvgIpc) is 2.74. The number of hydrogen-bond donors (Lipinski definition) is 1. The fraction of sp³-hybridized carbons (Fsp3) is 0.667. The van der Waals surface area contributed by atoms with Crippen molar-refractivity contribution in [2.24, 2.45) is 11.8 Å². The Morgan fingerprint density at radius 2 is 2.24 bits per heavy atom. The summed E-state index contributed by atoms with van der Waals surface area (Å²) >= 11 is 1.43. The van der Waals surface area contributed by atoms with Gasteiger partial charge in [0, 0.05) is 11.9 Å². The van der Waals surface area contributed by atoms with Crippen molar-refractivity contribution in [3.05, 3.63) is 11.1 Å². The van der Waals surface area contributed by atoms with Gasteiger partial charge in [0.1, 0.15) is 0 Å². The second kappa shape index (κ2) is 6.59. The van der Waals surface area contributed by atoms with Crippen LogP contribution in [0.15, 0.2) is 5.38 Å². The smallest absolute Gasteiger partial charge is 0.357 e. The minimum atomic E-state index is -0.353. The van der Waals surface area contributed by atoms with E-state index in [2.05, 4.69) is 31.1 Å².